The first-order valence-electron chi connectivity index (χ1n) is 7.98. The van der Waals surface area contributed by atoms with Gasteiger partial charge in [0, 0.05) is 11.1 Å². The van der Waals surface area contributed by atoms with Gasteiger partial charge in [-0.25, -0.2) is 18.2 Å². The topological polar surface area (TPSA) is 65.2 Å². The second-order valence-corrected chi connectivity index (χ2v) is 5.90. The van der Waals surface area contributed by atoms with Crippen LogP contribution in [-0.4, -0.2) is 23.4 Å². The number of ether oxygens (including phenoxy) is 1. The maximum absolute atomic E-state index is 14.5. The Kier molecular flexibility index (Phi) is 4.65. The van der Waals surface area contributed by atoms with Crippen LogP contribution >= 0.6 is 0 Å². The molecule has 0 aliphatic carbocycles. The molecule has 4 nitrogen and oxygen atoms in total. The number of fused-ring (bicyclic) bond motifs is 1. The third kappa shape index (κ3) is 3.31. The number of alkyl halides is 2. The number of aromatic nitrogens is 1. The van der Waals surface area contributed by atoms with Gasteiger partial charge in [-0.3, -0.25) is 4.79 Å². The van der Waals surface area contributed by atoms with Crippen LogP contribution in [0.5, 0.6) is 5.88 Å². The van der Waals surface area contributed by atoms with Crippen molar-refractivity contribution in [2.45, 2.75) is 38.7 Å². The molecule has 1 aliphatic heterocycles. The number of amides is 1. The number of aryl methyl sites for hydroxylation is 1. The zero-order valence-corrected chi connectivity index (χ0v) is 13.6. The van der Waals surface area contributed by atoms with Crippen LogP contribution in [0.4, 0.5) is 13.2 Å². The number of benzene rings is 1. The number of hydrogen-bond donors (Lipinski definition) is 1. The zero-order valence-electron chi connectivity index (χ0n) is 13.6. The SMILES string of the molecule is CCc1ccc(-c2cc(C(N)=O)nc3c2CCC(C(F)F)O3)c(F)c1. The van der Waals surface area contributed by atoms with Gasteiger partial charge in [-0.1, -0.05) is 19.1 Å². The van der Waals surface area contributed by atoms with Crippen molar-refractivity contribution in [1.29, 1.82) is 0 Å². The molecule has 2 aromatic rings. The molecular weight excluding hydrogens is 333 g/mol. The number of nitrogens with zero attached hydrogens (tertiary/aromatic N) is 1. The van der Waals surface area contributed by atoms with Gasteiger partial charge in [0.1, 0.15) is 11.5 Å². The van der Waals surface area contributed by atoms with Gasteiger partial charge >= 0.3 is 0 Å². The smallest absolute Gasteiger partial charge is 0.274 e. The lowest BCUT2D eigenvalue weighted by atomic mass is 9.93. The summed E-state index contributed by atoms with van der Waals surface area (Å²) in [5.41, 5.74) is 7.11. The summed E-state index contributed by atoms with van der Waals surface area (Å²) in [7, 11) is 0. The molecule has 0 bridgehead atoms. The summed E-state index contributed by atoms with van der Waals surface area (Å²) in [5, 5.41) is 0. The minimum Gasteiger partial charge on any atom is -0.468 e. The summed E-state index contributed by atoms with van der Waals surface area (Å²) in [5.74, 6) is -1.38. The van der Waals surface area contributed by atoms with Crippen molar-refractivity contribution in [3.05, 3.63) is 46.9 Å². The Bertz CT molecular complexity index is 824. The fraction of sp³-hybridized carbons (Fsp3) is 0.333. The van der Waals surface area contributed by atoms with Gasteiger partial charge in [0.25, 0.3) is 12.3 Å². The minimum absolute atomic E-state index is 0.0816. The van der Waals surface area contributed by atoms with Gasteiger partial charge in [-0.05, 0) is 42.5 Å². The van der Waals surface area contributed by atoms with E-state index >= 15 is 0 Å². The minimum atomic E-state index is -2.67. The first-order valence-corrected chi connectivity index (χ1v) is 7.98. The molecule has 0 fully saturated rings. The number of nitrogens with two attached hydrogens (primary N) is 1. The summed E-state index contributed by atoms with van der Waals surface area (Å²) in [6.07, 6.45) is -2.96. The Morgan fingerprint density at radius 2 is 2.12 bits per heavy atom. The maximum Gasteiger partial charge on any atom is 0.274 e. The summed E-state index contributed by atoms with van der Waals surface area (Å²) >= 11 is 0. The lowest BCUT2D eigenvalue weighted by Crippen LogP contribution is -2.31. The van der Waals surface area contributed by atoms with Crippen LogP contribution in [0.15, 0.2) is 24.3 Å². The number of primary amides is 1. The number of hydrogen-bond acceptors (Lipinski definition) is 3. The molecule has 7 heteroatoms. The third-order valence-corrected chi connectivity index (χ3v) is 4.29. The summed E-state index contributed by atoms with van der Waals surface area (Å²) in [6.45, 7) is 1.91. The van der Waals surface area contributed by atoms with Crippen molar-refractivity contribution in [2.75, 3.05) is 0 Å². The van der Waals surface area contributed by atoms with Crippen LogP contribution in [0.2, 0.25) is 0 Å². The molecule has 1 aromatic heterocycles. The maximum atomic E-state index is 14.5. The monoisotopic (exact) mass is 350 g/mol. The normalized spacial score (nSPS) is 16.4. The molecule has 0 spiro atoms. The summed E-state index contributed by atoms with van der Waals surface area (Å²) < 4.78 is 45.7. The molecule has 2 N–H and O–H groups in total. The average Bonchev–Trinajstić information content (AvgIpc) is 2.60. The summed E-state index contributed by atoms with van der Waals surface area (Å²) in [4.78, 5) is 15.5. The second-order valence-electron chi connectivity index (χ2n) is 5.90. The Hall–Kier alpha value is -2.57. The second kappa shape index (κ2) is 6.74. The van der Waals surface area contributed by atoms with E-state index in [0.29, 0.717) is 17.5 Å². The molecule has 132 valence electrons. The van der Waals surface area contributed by atoms with E-state index in [2.05, 4.69) is 4.98 Å². The summed E-state index contributed by atoms with van der Waals surface area (Å²) in [6, 6.07) is 6.18. The number of carbonyl (C=O) groups excluding carboxylic acids is 1. The third-order valence-electron chi connectivity index (χ3n) is 4.29. The zero-order chi connectivity index (χ0) is 18.1. The van der Waals surface area contributed by atoms with Crippen LogP contribution in [0, 0.1) is 5.82 Å². The molecular formula is C18H17F3N2O2. The highest BCUT2D eigenvalue weighted by atomic mass is 19.3. The molecule has 1 aliphatic rings. The Morgan fingerprint density at radius 1 is 1.36 bits per heavy atom. The lowest BCUT2D eigenvalue weighted by molar-refractivity contribution is -0.00215. The lowest BCUT2D eigenvalue weighted by Gasteiger charge is -2.26. The van der Waals surface area contributed by atoms with E-state index in [1.54, 1.807) is 12.1 Å². The van der Waals surface area contributed by atoms with Gasteiger partial charge in [0.15, 0.2) is 6.10 Å². The highest BCUT2D eigenvalue weighted by molar-refractivity contribution is 5.93. The van der Waals surface area contributed by atoms with Crippen molar-refractivity contribution >= 4 is 5.91 Å². The average molecular weight is 350 g/mol. The molecule has 1 atom stereocenters. The molecule has 25 heavy (non-hydrogen) atoms. The van der Waals surface area contributed by atoms with Crippen LogP contribution in [-0.2, 0) is 12.8 Å². The highest BCUT2D eigenvalue weighted by Gasteiger charge is 2.31. The predicted octanol–water partition coefficient (Wildman–Crippen LogP) is 3.51. The van der Waals surface area contributed by atoms with E-state index in [1.165, 1.54) is 12.1 Å². The molecule has 0 saturated heterocycles. The number of pyridine rings is 1. The molecule has 1 amide bonds. The number of rotatable bonds is 4. The number of carbonyl (C=O) groups is 1. The van der Waals surface area contributed by atoms with Crippen molar-refractivity contribution in [3.63, 3.8) is 0 Å². The predicted molar refractivity (Wildman–Crippen MR) is 86.3 cm³/mol. The fourth-order valence-corrected chi connectivity index (χ4v) is 2.92. The van der Waals surface area contributed by atoms with Gasteiger partial charge in [-0.15, -0.1) is 0 Å². The van der Waals surface area contributed by atoms with Gasteiger partial charge in [0.05, 0.1) is 0 Å². The van der Waals surface area contributed by atoms with Crippen LogP contribution in [0.3, 0.4) is 0 Å². The molecule has 0 saturated carbocycles. The molecule has 1 unspecified atom stereocenters. The van der Waals surface area contributed by atoms with Crippen molar-refractivity contribution < 1.29 is 22.7 Å². The molecule has 2 heterocycles. The molecule has 3 rings (SSSR count). The first-order chi connectivity index (χ1) is 11.9. The Balaban J connectivity index is 2.15. The Morgan fingerprint density at radius 3 is 2.72 bits per heavy atom. The van der Waals surface area contributed by atoms with E-state index in [4.69, 9.17) is 10.5 Å². The first kappa shape index (κ1) is 17.3. The van der Waals surface area contributed by atoms with Crippen LogP contribution in [0.25, 0.3) is 11.1 Å². The standard InChI is InChI=1S/C18H17F3N2O2/c1-2-9-3-4-10(13(19)7-9)12-8-14(17(22)24)23-18-11(12)5-6-15(25-18)16(20)21/h3-4,7-8,15-16H,2,5-6H2,1H3,(H2,22,24). The Labute approximate surface area is 142 Å². The van der Waals surface area contributed by atoms with E-state index in [0.717, 1.165) is 5.56 Å². The quantitative estimate of drug-likeness (QED) is 0.918. The fourth-order valence-electron chi connectivity index (χ4n) is 2.92. The van der Waals surface area contributed by atoms with Crippen molar-refractivity contribution in [3.8, 4) is 17.0 Å². The van der Waals surface area contributed by atoms with Gasteiger partial charge < -0.3 is 10.5 Å². The van der Waals surface area contributed by atoms with Gasteiger partial charge in [0.2, 0.25) is 5.88 Å². The van der Waals surface area contributed by atoms with E-state index in [1.807, 2.05) is 6.92 Å². The van der Waals surface area contributed by atoms with Gasteiger partial charge in [-0.2, -0.15) is 0 Å². The highest BCUT2D eigenvalue weighted by Crippen LogP contribution is 2.37. The van der Waals surface area contributed by atoms with E-state index in [9.17, 15) is 18.0 Å². The van der Waals surface area contributed by atoms with Crippen LogP contribution < -0.4 is 10.5 Å². The largest absolute Gasteiger partial charge is 0.468 e. The molecule has 1 aromatic carbocycles. The van der Waals surface area contributed by atoms with Crippen LogP contribution in [0.1, 0.15) is 35.0 Å². The number of halogens is 3. The van der Waals surface area contributed by atoms with Crippen molar-refractivity contribution in [2.24, 2.45) is 5.73 Å². The molecule has 0 radical (unpaired) electrons. The van der Waals surface area contributed by atoms with E-state index < -0.39 is 24.3 Å². The van der Waals surface area contributed by atoms with Crippen molar-refractivity contribution in [1.82, 2.24) is 4.98 Å². The van der Waals surface area contributed by atoms with E-state index in [-0.39, 0.29) is 30.0 Å².